The second-order valence-corrected chi connectivity index (χ2v) is 5.03. The molecule has 0 bridgehead atoms. The topological polar surface area (TPSA) is 75.3 Å². The van der Waals surface area contributed by atoms with Gasteiger partial charge >= 0.3 is 0 Å². The van der Waals surface area contributed by atoms with Gasteiger partial charge in [0.05, 0.1) is 12.1 Å². The number of hydrogen-bond donors (Lipinski definition) is 3. The molecule has 4 N–H and O–H groups in total. The molecule has 1 amide bonds. The van der Waals surface area contributed by atoms with Crippen LogP contribution in [0.4, 0.5) is 0 Å². The van der Waals surface area contributed by atoms with E-state index in [0.29, 0.717) is 6.42 Å². The zero-order valence-corrected chi connectivity index (χ0v) is 11.4. The van der Waals surface area contributed by atoms with E-state index < -0.39 is 12.1 Å². The van der Waals surface area contributed by atoms with Gasteiger partial charge in [-0.1, -0.05) is 34.1 Å². The summed E-state index contributed by atoms with van der Waals surface area (Å²) in [6.07, 6.45) is 1.14. The summed E-state index contributed by atoms with van der Waals surface area (Å²) in [5.74, 6) is -0.197. The van der Waals surface area contributed by atoms with Crippen LogP contribution in [0, 0.1) is 5.41 Å². The molecule has 0 aromatic rings. The van der Waals surface area contributed by atoms with E-state index in [1.807, 2.05) is 27.7 Å². The highest BCUT2D eigenvalue weighted by Gasteiger charge is 2.27. The fourth-order valence-electron chi connectivity index (χ4n) is 1.16. The van der Waals surface area contributed by atoms with E-state index >= 15 is 0 Å². The van der Waals surface area contributed by atoms with Crippen molar-refractivity contribution in [3.05, 3.63) is 0 Å². The molecule has 0 aromatic heterocycles. The quantitative estimate of drug-likeness (QED) is 0.685. The summed E-state index contributed by atoms with van der Waals surface area (Å²) < 4.78 is 0. The molecule has 0 radical (unpaired) electrons. The summed E-state index contributed by atoms with van der Waals surface area (Å²) in [5.41, 5.74) is 5.51. The average Bonchev–Trinajstić information content (AvgIpc) is 2.12. The predicted octanol–water partition coefficient (Wildman–Crippen LogP) is 1.06. The van der Waals surface area contributed by atoms with Gasteiger partial charge in [0.1, 0.15) is 0 Å². The Morgan fingerprint density at radius 2 is 1.94 bits per heavy atom. The van der Waals surface area contributed by atoms with Gasteiger partial charge in [0, 0.05) is 6.54 Å². The Kier molecular flexibility index (Phi) is 8.88. The standard InChI is InChI=1S/C11H24N2O2.ClH/c1-5-6-8(14)7-13-10(15)9(12)11(2,3)4;/h8-9,14H,5-7,12H2,1-4H3,(H,13,15);1H/t8?,9-;/m1./s1. The van der Waals surface area contributed by atoms with Crippen LogP contribution in [0.15, 0.2) is 0 Å². The lowest BCUT2D eigenvalue weighted by molar-refractivity contribution is -0.125. The fourth-order valence-corrected chi connectivity index (χ4v) is 1.16. The van der Waals surface area contributed by atoms with Crippen LogP contribution in [0.5, 0.6) is 0 Å². The third-order valence-electron chi connectivity index (χ3n) is 2.35. The zero-order chi connectivity index (χ0) is 12.1. The van der Waals surface area contributed by atoms with Gasteiger partial charge in [0.25, 0.3) is 0 Å². The van der Waals surface area contributed by atoms with Crippen molar-refractivity contribution >= 4 is 18.3 Å². The number of hydrogen-bond acceptors (Lipinski definition) is 3. The summed E-state index contributed by atoms with van der Waals surface area (Å²) in [4.78, 5) is 11.6. The third kappa shape index (κ3) is 7.04. The molecule has 0 fully saturated rings. The number of amides is 1. The first-order chi connectivity index (χ1) is 6.79. The Morgan fingerprint density at radius 1 is 1.44 bits per heavy atom. The van der Waals surface area contributed by atoms with Crippen LogP contribution in [0.3, 0.4) is 0 Å². The monoisotopic (exact) mass is 252 g/mol. The molecule has 0 spiro atoms. The summed E-state index contributed by atoms with van der Waals surface area (Å²) in [6.45, 7) is 8.03. The molecule has 16 heavy (non-hydrogen) atoms. The second-order valence-electron chi connectivity index (χ2n) is 5.03. The normalized spacial score (nSPS) is 14.9. The molecule has 1 unspecified atom stereocenters. The molecule has 0 rings (SSSR count). The Balaban J connectivity index is 0. The van der Waals surface area contributed by atoms with Crippen LogP contribution in [-0.2, 0) is 4.79 Å². The molecular weight excluding hydrogens is 228 g/mol. The van der Waals surface area contributed by atoms with E-state index in [1.54, 1.807) is 0 Å². The van der Waals surface area contributed by atoms with Crippen molar-refractivity contribution in [2.24, 2.45) is 11.1 Å². The average molecular weight is 253 g/mol. The number of carbonyl (C=O) groups excluding carboxylic acids is 1. The Morgan fingerprint density at radius 3 is 2.31 bits per heavy atom. The Bertz CT molecular complexity index is 205. The molecule has 0 saturated carbocycles. The maximum atomic E-state index is 11.6. The highest BCUT2D eigenvalue weighted by atomic mass is 35.5. The van der Waals surface area contributed by atoms with E-state index in [0.717, 1.165) is 6.42 Å². The van der Waals surface area contributed by atoms with Gasteiger partial charge in [-0.3, -0.25) is 4.79 Å². The maximum Gasteiger partial charge on any atom is 0.237 e. The fraction of sp³-hybridized carbons (Fsp3) is 0.909. The number of carbonyl (C=O) groups is 1. The van der Waals surface area contributed by atoms with Gasteiger partial charge in [-0.25, -0.2) is 0 Å². The number of aliphatic hydroxyl groups excluding tert-OH is 1. The van der Waals surface area contributed by atoms with Gasteiger partial charge in [-0.2, -0.15) is 0 Å². The number of nitrogens with two attached hydrogens (primary N) is 1. The summed E-state index contributed by atoms with van der Waals surface area (Å²) in [6, 6.07) is -0.536. The van der Waals surface area contributed by atoms with Gasteiger partial charge in [0.15, 0.2) is 0 Å². The van der Waals surface area contributed by atoms with Crippen molar-refractivity contribution in [1.29, 1.82) is 0 Å². The minimum absolute atomic E-state index is 0. The van der Waals surface area contributed by atoms with E-state index in [9.17, 15) is 9.90 Å². The molecular formula is C11H25ClN2O2. The van der Waals surface area contributed by atoms with Crippen molar-refractivity contribution < 1.29 is 9.90 Å². The van der Waals surface area contributed by atoms with Crippen LogP contribution >= 0.6 is 12.4 Å². The summed E-state index contributed by atoms with van der Waals surface area (Å²) in [7, 11) is 0. The van der Waals surface area contributed by atoms with Crippen molar-refractivity contribution in [3.63, 3.8) is 0 Å². The van der Waals surface area contributed by atoms with E-state index in [4.69, 9.17) is 5.73 Å². The molecule has 4 nitrogen and oxygen atoms in total. The van der Waals surface area contributed by atoms with Crippen LogP contribution in [0.25, 0.3) is 0 Å². The molecule has 98 valence electrons. The SMILES string of the molecule is CCCC(O)CNC(=O)[C@@H](N)C(C)(C)C.Cl. The number of aliphatic hydroxyl groups is 1. The second kappa shape index (κ2) is 7.87. The summed E-state index contributed by atoms with van der Waals surface area (Å²) >= 11 is 0. The number of halogens is 1. The van der Waals surface area contributed by atoms with Crippen LogP contribution < -0.4 is 11.1 Å². The Hall–Kier alpha value is -0.320. The smallest absolute Gasteiger partial charge is 0.237 e. The van der Waals surface area contributed by atoms with E-state index in [1.165, 1.54) is 0 Å². The number of nitrogens with one attached hydrogen (secondary N) is 1. The minimum atomic E-state index is -0.536. The van der Waals surface area contributed by atoms with Crippen LogP contribution in [0.1, 0.15) is 40.5 Å². The largest absolute Gasteiger partial charge is 0.391 e. The van der Waals surface area contributed by atoms with Crippen molar-refractivity contribution in [2.45, 2.75) is 52.7 Å². The lowest BCUT2D eigenvalue weighted by atomic mass is 9.87. The van der Waals surface area contributed by atoms with Crippen LogP contribution in [0.2, 0.25) is 0 Å². The lowest BCUT2D eigenvalue weighted by Crippen LogP contribution is -2.50. The van der Waals surface area contributed by atoms with Gasteiger partial charge in [0.2, 0.25) is 5.91 Å². The van der Waals surface area contributed by atoms with E-state index in [-0.39, 0.29) is 30.3 Å². The molecule has 5 heteroatoms. The van der Waals surface area contributed by atoms with Crippen molar-refractivity contribution in [2.75, 3.05) is 6.54 Å². The van der Waals surface area contributed by atoms with Gasteiger partial charge in [-0.15, -0.1) is 12.4 Å². The molecule has 2 atom stereocenters. The highest BCUT2D eigenvalue weighted by Crippen LogP contribution is 2.17. The van der Waals surface area contributed by atoms with Crippen molar-refractivity contribution in [3.8, 4) is 0 Å². The highest BCUT2D eigenvalue weighted by molar-refractivity contribution is 5.85. The molecule has 0 heterocycles. The van der Waals surface area contributed by atoms with Gasteiger partial charge < -0.3 is 16.2 Å². The molecule has 0 aromatic carbocycles. The Labute approximate surface area is 104 Å². The first-order valence-electron chi connectivity index (χ1n) is 5.50. The molecule has 0 aliphatic rings. The van der Waals surface area contributed by atoms with E-state index in [2.05, 4.69) is 5.32 Å². The van der Waals surface area contributed by atoms with Gasteiger partial charge in [-0.05, 0) is 11.8 Å². The molecule has 0 saturated heterocycles. The third-order valence-corrected chi connectivity index (χ3v) is 2.35. The van der Waals surface area contributed by atoms with Crippen LogP contribution in [-0.4, -0.2) is 29.7 Å². The lowest BCUT2D eigenvalue weighted by Gasteiger charge is -2.26. The summed E-state index contributed by atoms with van der Waals surface area (Å²) in [5, 5.41) is 12.1. The molecule has 0 aliphatic heterocycles. The molecule has 0 aliphatic carbocycles. The zero-order valence-electron chi connectivity index (χ0n) is 10.6. The first-order valence-corrected chi connectivity index (χ1v) is 5.50. The first kappa shape index (κ1) is 18.1. The minimum Gasteiger partial charge on any atom is -0.391 e. The number of rotatable bonds is 5. The predicted molar refractivity (Wildman–Crippen MR) is 68.6 cm³/mol. The maximum absolute atomic E-state index is 11.6. The van der Waals surface area contributed by atoms with Crippen molar-refractivity contribution in [1.82, 2.24) is 5.32 Å².